The largest absolute Gasteiger partial charge is 0.348 e. The Morgan fingerprint density at radius 3 is 2.33 bits per heavy atom. The lowest BCUT2D eigenvalue weighted by atomic mass is 10.1. The van der Waals surface area contributed by atoms with E-state index in [9.17, 15) is 0 Å². The number of aromatic nitrogens is 4. The van der Waals surface area contributed by atoms with Crippen LogP contribution in [-0.4, -0.2) is 19.7 Å². The topological polar surface area (TPSA) is 55.6 Å². The van der Waals surface area contributed by atoms with Crippen molar-refractivity contribution in [2.24, 2.45) is 0 Å². The smallest absolute Gasteiger partial charge is 0.223 e. The zero-order chi connectivity index (χ0) is 15.8. The van der Waals surface area contributed by atoms with Crippen molar-refractivity contribution in [3.8, 4) is 0 Å². The zero-order valence-corrected chi connectivity index (χ0v) is 14.0. The van der Waals surface area contributed by atoms with E-state index in [1.54, 1.807) is 0 Å². The Kier molecular flexibility index (Phi) is 4.03. The SMILES string of the molecule is Cc1cnc(NC(C)c2cn(C(C)(C)C)nc2C)nc1C. The number of hydrogen-bond acceptors (Lipinski definition) is 4. The van der Waals surface area contributed by atoms with E-state index in [1.807, 2.05) is 31.6 Å². The molecule has 5 nitrogen and oxygen atoms in total. The van der Waals surface area contributed by atoms with Crippen molar-refractivity contribution in [1.29, 1.82) is 0 Å². The molecule has 2 aromatic rings. The lowest BCUT2D eigenvalue weighted by Gasteiger charge is -2.19. The van der Waals surface area contributed by atoms with Crippen LogP contribution in [0.1, 0.15) is 56.3 Å². The van der Waals surface area contributed by atoms with Gasteiger partial charge in [-0.15, -0.1) is 0 Å². The normalized spacial score (nSPS) is 13.3. The summed E-state index contributed by atoms with van der Waals surface area (Å²) in [6.45, 7) is 14.6. The van der Waals surface area contributed by atoms with E-state index in [0.717, 1.165) is 17.0 Å². The van der Waals surface area contributed by atoms with Gasteiger partial charge in [-0.2, -0.15) is 5.10 Å². The van der Waals surface area contributed by atoms with Crippen molar-refractivity contribution in [3.63, 3.8) is 0 Å². The highest BCUT2D eigenvalue weighted by atomic mass is 15.3. The van der Waals surface area contributed by atoms with Gasteiger partial charge >= 0.3 is 0 Å². The lowest BCUT2D eigenvalue weighted by Crippen LogP contribution is -2.22. The summed E-state index contributed by atoms with van der Waals surface area (Å²) in [6, 6.07) is 0.114. The van der Waals surface area contributed by atoms with Crippen LogP contribution in [0.2, 0.25) is 0 Å². The molecule has 0 saturated carbocycles. The van der Waals surface area contributed by atoms with Crippen molar-refractivity contribution >= 4 is 5.95 Å². The quantitative estimate of drug-likeness (QED) is 0.938. The molecule has 2 rings (SSSR count). The maximum absolute atomic E-state index is 4.61. The van der Waals surface area contributed by atoms with Gasteiger partial charge in [0.15, 0.2) is 0 Å². The van der Waals surface area contributed by atoms with Gasteiger partial charge in [0.25, 0.3) is 0 Å². The summed E-state index contributed by atoms with van der Waals surface area (Å²) in [4.78, 5) is 8.81. The van der Waals surface area contributed by atoms with Crippen molar-refractivity contribution in [2.75, 3.05) is 5.32 Å². The third-order valence-electron chi connectivity index (χ3n) is 3.66. The minimum absolute atomic E-state index is 0.0142. The summed E-state index contributed by atoms with van der Waals surface area (Å²) in [5.41, 5.74) is 4.30. The Morgan fingerprint density at radius 2 is 1.81 bits per heavy atom. The van der Waals surface area contributed by atoms with Crippen molar-refractivity contribution in [1.82, 2.24) is 19.7 Å². The summed E-state index contributed by atoms with van der Waals surface area (Å²) in [5.74, 6) is 0.661. The third kappa shape index (κ3) is 3.40. The summed E-state index contributed by atoms with van der Waals surface area (Å²) >= 11 is 0. The maximum Gasteiger partial charge on any atom is 0.223 e. The number of nitrogens with zero attached hydrogens (tertiary/aromatic N) is 4. The van der Waals surface area contributed by atoms with Gasteiger partial charge in [0.1, 0.15) is 0 Å². The first kappa shape index (κ1) is 15.5. The molecule has 2 heterocycles. The van der Waals surface area contributed by atoms with E-state index in [2.05, 4.69) is 54.3 Å². The van der Waals surface area contributed by atoms with Crippen molar-refractivity contribution in [3.05, 3.63) is 34.9 Å². The summed E-state index contributed by atoms with van der Waals surface area (Å²) in [6.07, 6.45) is 3.96. The predicted molar refractivity (Wildman–Crippen MR) is 85.5 cm³/mol. The van der Waals surface area contributed by atoms with Crippen LogP contribution in [-0.2, 0) is 5.54 Å². The molecule has 0 amide bonds. The standard InChI is InChI=1S/C16H25N5/c1-10-8-17-15(18-11(10)2)19-12(3)14-9-21(16(5,6)7)20-13(14)4/h8-9,12H,1-7H3,(H,17,18,19). The fraction of sp³-hybridized carbons (Fsp3) is 0.562. The first-order chi connectivity index (χ1) is 9.68. The highest BCUT2D eigenvalue weighted by Crippen LogP contribution is 2.23. The Balaban J connectivity index is 2.22. The Labute approximate surface area is 126 Å². The molecule has 1 N–H and O–H groups in total. The molecule has 21 heavy (non-hydrogen) atoms. The third-order valence-corrected chi connectivity index (χ3v) is 3.66. The molecule has 2 aromatic heterocycles. The van der Waals surface area contributed by atoms with Gasteiger partial charge < -0.3 is 5.32 Å². The molecule has 0 bridgehead atoms. The van der Waals surface area contributed by atoms with Crippen LogP contribution in [0.5, 0.6) is 0 Å². The maximum atomic E-state index is 4.61. The number of nitrogens with one attached hydrogen (secondary N) is 1. The molecule has 0 radical (unpaired) electrons. The van der Waals surface area contributed by atoms with Crippen LogP contribution in [0.3, 0.4) is 0 Å². The van der Waals surface area contributed by atoms with E-state index >= 15 is 0 Å². The molecule has 0 aliphatic carbocycles. The van der Waals surface area contributed by atoms with Crippen molar-refractivity contribution < 1.29 is 0 Å². The zero-order valence-electron chi connectivity index (χ0n) is 14.0. The number of rotatable bonds is 3. The second-order valence-corrected chi connectivity index (χ2v) is 6.61. The molecule has 0 spiro atoms. The number of anilines is 1. The average Bonchev–Trinajstić information content (AvgIpc) is 2.76. The van der Waals surface area contributed by atoms with E-state index < -0.39 is 0 Å². The van der Waals surface area contributed by atoms with Crippen LogP contribution in [0.15, 0.2) is 12.4 Å². The number of aryl methyl sites for hydroxylation is 3. The molecular weight excluding hydrogens is 262 g/mol. The predicted octanol–water partition coefficient (Wildman–Crippen LogP) is 3.53. The highest BCUT2D eigenvalue weighted by Gasteiger charge is 2.19. The van der Waals surface area contributed by atoms with E-state index in [0.29, 0.717) is 5.95 Å². The van der Waals surface area contributed by atoms with Gasteiger partial charge in [0.2, 0.25) is 5.95 Å². The fourth-order valence-electron chi connectivity index (χ4n) is 2.11. The monoisotopic (exact) mass is 287 g/mol. The van der Waals surface area contributed by atoms with Gasteiger partial charge in [-0.25, -0.2) is 9.97 Å². The van der Waals surface area contributed by atoms with Gasteiger partial charge in [-0.3, -0.25) is 4.68 Å². The molecule has 0 saturated heterocycles. The molecule has 0 aromatic carbocycles. The molecule has 1 atom stereocenters. The summed E-state index contributed by atoms with van der Waals surface area (Å²) < 4.78 is 2.01. The molecule has 0 aliphatic heterocycles. The van der Waals surface area contributed by atoms with Crippen LogP contribution in [0.25, 0.3) is 0 Å². The minimum Gasteiger partial charge on any atom is -0.348 e. The van der Waals surface area contributed by atoms with E-state index in [4.69, 9.17) is 0 Å². The van der Waals surface area contributed by atoms with E-state index in [-0.39, 0.29) is 11.6 Å². The molecule has 0 fully saturated rings. The Bertz CT molecular complexity index is 637. The second kappa shape index (κ2) is 5.47. The first-order valence-electron chi connectivity index (χ1n) is 7.32. The fourth-order valence-corrected chi connectivity index (χ4v) is 2.11. The molecule has 5 heteroatoms. The highest BCUT2D eigenvalue weighted by molar-refractivity contribution is 5.34. The van der Waals surface area contributed by atoms with Crippen molar-refractivity contribution in [2.45, 2.75) is 60.0 Å². The van der Waals surface area contributed by atoms with Crippen LogP contribution < -0.4 is 5.32 Å². The second-order valence-electron chi connectivity index (χ2n) is 6.61. The minimum atomic E-state index is -0.0142. The molecule has 0 aliphatic rings. The van der Waals surface area contributed by atoms with Gasteiger partial charge in [-0.05, 0) is 54.0 Å². The Hall–Kier alpha value is -1.91. The molecule has 1 unspecified atom stereocenters. The first-order valence-corrected chi connectivity index (χ1v) is 7.32. The van der Waals surface area contributed by atoms with Crippen LogP contribution >= 0.6 is 0 Å². The average molecular weight is 287 g/mol. The molecule has 114 valence electrons. The van der Waals surface area contributed by atoms with Gasteiger partial charge in [-0.1, -0.05) is 0 Å². The Morgan fingerprint density at radius 1 is 1.14 bits per heavy atom. The van der Waals surface area contributed by atoms with Crippen LogP contribution in [0, 0.1) is 20.8 Å². The molecular formula is C16H25N5. The lowest BCUT2D eigenvalue weighted by molar-refractivity contribution is 0.354. The number of hydrogen-bond donors (Lipinski definition) is 1. The van der Waals surface area contributed by atoms with E-state index in [1.165, 1.54) is 5.56 Å². The van der Waals surface area contributed by atoms with Crippen LogP contribution in [0.4, 0.5) is 5.95 Å². The van der Waals surface area contributed by atoms with Gasteiger partial charge in [0, 0.05) is 23.7 Å². The summed E-state index contributed by atoms with van der Waals surface area (Å²) in [5, 5.41) is 7.97. The summed E-state index contributed by atoms with van der Waals surface area (Å²) in [7, 11) is 0. The van der Waals surface area contributed by atoms with Gasteiger partial charge in [0.05, 0.1) is 17.3 Å².